The SMILES string of the molecule is C[C@H]1C[C@@H](Nc2ccc(OCCCC(=O)OC(C)(C)C)cc2N)CC(C)(C)C1. The summed E-state index contributed by atoms with van der Waals surface area (Å²) in [4.78, 5) is 11.7. The van der Waals surface area contributed by atoms with E-state index in [-0.39, 0.29) is 5.97 Å². The summed E-state index contributed by atoms with van der Waals surface area (Å²) in [6.45, 7) is 13.1. The molecule has 1 aliphatic rings. The Kier molecular flexibility index (Phi) is 7.24. The lowest BCUT2D eigenvalue weighted by atomic mass is 9.70. The zero-order valence-electron chi connectivity index (χ0n) is 18.4. The van der Waals surface area contributed by atoms with Crippen LogP contribution in [0.25, 0.3) is 0 Å². The lowest BCUT2D eigenvalue weighted by Gasteiger charge is -2.39. The molecule has 3 N–H and O–H groups in total. The van der Waals surface area contributed by atoms with Crippen LogP contribution < -0.4 is 15.8 Å². The molecule has 0 aliphatic heterocycles. The van der Waals surface area contributed by atoms with Crippen molar-refractivity contribution in [2.75, 3.05) is 17.7 Å². The Morgan fingerprint density at radius 1 is 1.29 bits per heavy atom. The summed E-state index contributed by atoms with van der Waals surface area (Å²) in [6.07, 6.45) is 4.56. The maximum Gasteiger partial charge on any atom is 0.306 e. The zero-order chi connectivity index (χ0) is 20.9. The molecule has 0 saturated heterocycles. The summed E-state index contributed by atoms with van der Waals surface area (Å²) < 4.78 is 11.0. The van der Waals surface area contributed by atoms with Crippen molar-refractivity contribution in [1.29, 1.82) is 0 Å². The van der Waals surface area contributed by atoms with Gasteiger partial charge in [-0.25, -0.2) is 0 Å². The maximum atomic E-state index is 11.7. The van der Waals surface area contributed by atoms with E-state index in [0.717, 1.165) is 23.8 Å². The summed E-state index contributed by atoms with van der Waals surface area (Å²) in [5.74, 6) is 1.25. The first-order valence-corrected chi connectivity index (χ1v) is 10.4. The second kappa shape index (κ2) is 9.06. The number of nitrogens with two attached hydrogens (primary N) is 1. The monoisotopic (exact) mass is 390 g/mol. The third kappa shape index (κ3) is 7.61. The average Bonchev–Trinajstić information content (AvgIpc) is 2.50. The number of ether oxygens (including phenoxy) is 2. The van der Waals surface area contributed by atoms with E-state index in [0.29, 0.717) is 36.6 Å². The molecular formula is C23H38N2O3. The molecule has 1 aromatic rings. The van der Waals surface area contributed by atoms with Gasteiger partial charge < -0.3 is 20.5 Å². The summed E-state index contributed by atoms with van der Waals surface area (Å²) >= 11 is 0. The van der Waals surface area contributed by atoms with Gasteiger partial charge in [-0.2, -0.15) is 0 Å². The van der Waals surface area contributed by atoms with Crippen LogP contribution in [-0.2, 0) is 9.53 Å². The molecule has 0 heterocycles. The van der Waals surface area contributed by atoms with Crippen LogP contribution in [0.1, 0.15) is 73.6 Å². The molecule has 158 valence electrons. The highest BCUT2D eigenvalue weighted by atomic mass is 16.6. The molecule has 5 nitrogen and oxygen atoms in total. The van der Waals surface area contributed by atoms with Crippen LogP contribution in [0.4, 0.5) is 11.4 Å². The zero-order valence-corrected chi connectivity index (χ0v) is 18.4. The number of hydrogen-bond acceptors (Lipinski definition) is 5. The lowest BCUT2D eigenvalue weighted by Crippen LogP contribution is -2.35. The van der Waals surface area contributed by atoms with Gasteiger partial charge in [0, 0.05) is 18.5 Å². The maximum absolute atomic E-state index is 11.7. The average molecular weight is 391 g/mol. The molecule has 1 aromatic carbocycles. The fraction of sp³-hybridized carbons (Fsp3) is 0.696. The van der Waals surface area contributed by atoms with Gasteiger partial charge in [-0.1, -0.05) is 20.8 Å². The number of nitrogen functional groups attached to an aromatic ring is 1. The van der Waals surface area contributed by atoms with Crippen molar-refractivity contribution >= 4 is 17.3 Å². The molecule has 0 unspecified atom stereocenters. The predicted octanol–water partition coefficient (Wildman–Crippen LogP) is 5.40. The molecule has 1 saturated carbocycles. The molecule has 0 radical (unpaired) electrons. The van der Waals surface area contributed by atoms with Gasteiger partial charge in [0.05, 0.1) is 18.0 Å². The van der Waals surface area contributed by atoms with E-state index in [2.05, 4.69) is 26.1 Å². The van der Waals surface area contributed by atoms with E-state index in [1.807, 2.05) is 39.0 Å². The molecule has 28 heavy (non-hydrogen) atoms. The Labute approximate surface area is 170 Å². The van der Waals surface area contributed by atoms with Gasteiger partial charge in [0.25, 0.3) is 0 Å². The third-order valence-electron chi connectivity index (χ3n) is 4.98. The first kappa shape index (κ1) is 22.4. The van der Waals surface area contributed by atoms with Gasteiger partial charge >= 0.3 is 5.97 Å². The standard InChI is InChI=1S/C23H38N2O3/c1-16-12-17(15-23(5,6)14-16)25-20-10-9-18(13-19(20)24)27-11-7-8-21(26)28-22(2,3)4/h9-10,13,16-17,25H,7-8,11-12,14-15,24H2,1-6H3/t16-,17+/m0/s1. The van der Waals surface area contributed by atoms with Crippen molar-refractivity contribution in [2.45, 2.75) is 85.3 Å². The second-order valence-corrected chi connectivity index (χ2v) is 10.0. The Morgan fingerprint density at radius 2 is 2.00 bits per heavy atom. The smallest absolute Gasteiger partial charge is 0.306 e. The molecule has 0 spiro atoms. The van der Waals surface area contributed by atoms with Crippen molar-refractivity contribution in [3.63, 3.8) is 0 Å². The van der Waals surface area contributed by atoms with Gasteiger partial charge in [-0.05, 0) is 69.9 Å². The van der Waals surface area contributed by atoms with Crippen molar-refractivity contribution in [1.82, 2.24) is 0 Å². The van der Waals surface area contributed by atoms with Crippen molar-refractivity contribution in [3.05, 3.63) is 18.2 Å². The molecule has 0 amide bonds. The third-order valence-corrected chi connectivity index (χ3v) is 4.98. The number of carbonyl (C=O) groups is 1. The van der Waals surface area contributed by atoms with Crippen LogP contribution in [0.5, 0.6) is 5.75 Å². The second-order valence-electron chi connectivity index (χ2n) is 10.0. The van der Waals surface area contributed by atoms with Gasteiger partial charge in [0.2, 0.25) is 0 Å². The van der Waals surface area contributed by atoms with Gasteiger partial charge in [0.15, 0.2) is 0 Å². The fourth-order valence-corrected chi connectivity index (χ4v) is 4.24. The molecular weight excluding hydrogens is 352 g/mol. The van der Waals surface area contributed by atoms with Crippen molar-refractivity contribution < 1.29 is 14.3 Å². The highest BCUT2D eigenvalue weighted by Crippen LogP contribution is 2.40. The normalized spacial score (nSPS) is 21.8. The van der Waals surface area contributed by atoms with Crippen LogP contribution in [0.2, 0.25) is 0 Å². The van der Waals surface area contributed by atoms with Gasteiger partial charge in [0.1, 0.15) is 11.4 Å². The van der Waals surface area contributed by atoms with Crippen LogP contribution in [0.15, 0.2) is 18.2 Å². The van der Waals surface area contributed by atoms with E-state index in [1.54, 1.807) is 0 Å². The Morgan fingerprint density at radius 3 is 2.61 bits per heavy atom. The molecule has 5 heteroatoms. The summed E-state index contributed by atoms with van der Waals surface area (Å²) in [5, 5.41) is 3.62. The number of nitrogens with one attached hydrogen (secondary N) is 1. The highest BCUT2D eigenvalue weighted by Gasteiger charge is 2.32. The Balaban J connectivity index is 1.81. The number of anilines is 2. The molecule has 1 fully saturated rings. The highest BCUT2D eigenvalue weighted by molar-refractivity contribution is 5.70. The lowest BCUT2D eigenvalue weighted by molar-refractivity contribution is -0.155. The van der Waals surface area contributed by atoms with Gasteiger partial charge in [-0.3, -0.25) is 4.79 Å². The van der Waals surface area contributed by atoms with Crippen LogP contribution in [0, 0.1) is 11.3 Å². The fourth-order valence-electron chi connectivity index (χ4n) is 4.24. The minimum Gasteiger partial charge on any atom is -0.494 e. The number of carbonyl (C=O) groups excluding carboxylic acids is 1. The topological polar surface area (TPSA) is 73.6 Å². The summed E-state index contributed by atoms with van der Waals surface area (Å²) in [5.41, 5.74) is 7.83. The van der Waals surface area contributed by atoms with E-state index in [1.165, 1.54) is 12.8 Å². The molecule has 0 aromatic heterocycles. The first-order chi connectivity index (χ1) is 12.9. The predicted molar refractivity (Wildman–Crippen MR) is 116 cm³/mol. The Hall–Kier alpha value is -1.91. The molecule has 2 rings (SSSR count). The van der Waals surface area contributed by atoms with Crippen molar-refractivity contribution in [2.24, 2.45) is 11.3 Å². The number of hydrogen-bond donors (Lipinski definition) is 2. The van der Waals surface area contributed by atoms with E-state index >= 15 is 0 Å². The molecule has 0 bridgehead atoms. The molecule has 2 atom stereocenters. The minimum absolute atomic E-state index is 0.195. The summed E-state index contributed by atoms with van der Waals surface area (Å²) in [7, 11) is 0. The number of rotatable bonds is 7. The first-order valence-electron chi connectivity index (χ1n) is 10.4. The number of esters is 1. The number of benzene rings is 1. The quantitative estimate of drug-likeness (QED) is 0.371. The van der Waals surface area contributed by atoms with E-state index < -0.39 is 5.60 Å². The van der Waals surface area contributed by atoms with Gasteiger partial charge in [-0.15, -0.1) is 0 Å². The van der Waals surface area contributed by atoms with Crippen molar-refractivity contribution in [3.8, 4) is 5.75 Å². The van der Waals surface area contributed by atoms with Crippen LogP contribution in [0.3, 0.4) is 0 Å². The molecule has 1 aliphatic carbocycles. The summed E-state index contributed by atoms with van der Waals surface area (Å²) in [6, 6.07) is 6.23. The minimum atomic E-state index is -0.444. The van der Waals surface area contributed by atoms with Crippen LogP contribution in [-0.4, -0.2) is 24.2 Å². The van der Waals surface area contributed by atoms with E-state index in [9.17, 15) is 4.79 Å². The largest absolute Gasteiger partial charge is 0.494 e. The van der Waals surface area contributed by atoms with E-state index in [4.69, 9.17) is 15.2 Å². The van der Waals surface area contributed by atoms with Crippen LogP contribution >= 0.6 is 0 Å². The Bertz CT molecular complexity index is 664.